The summed E-state index contributed by atoms with van der Waals surface area (Å²) in [5.41, 5.74) is 0.895. The van der Waals surface area contributed by atoms with Crippen LogP contribution in [0.3, 0.4) is 0 Å². The number of benzene rings is 1. The van der Waals surface area contributed by atoms with Crippen LogP contribution in [0.4, 0.5) is 9.59 Å². The van der Waals surface area contributed by atoms with Crippen molar-refractivity contribution in [3.8, 4) is 0 Å². The van der Waals surface area contributed by atoms with Gasteiger partial charge in [-0.3, -0.25) is 0 Å². The molecule has 1 amide bonds. The summed E-state index contributed by atoms with van der Waals surface area (Å²) in [6.07, 6.45) is -0.933. The Kier molecular flexibility index (Phi) is 11.1. The molecular formula is C20H22Cl7NO5. The molecule has 1 fully saturated rings. The summed E-state index contributed by atoms with van der Waals surface area (Å²) < 4.78 is 12.1. The lowest BCUT2D eigenvalue weighted by Crippen LogP contribution is -2.52. The van der Waals surface area contributed by atoms with Crippen molar-refractivity contribution in [1.82, 2.24) is 4.90 Å². The third-order valence-corrected chi connectivity index (χ3v) is 5.80. The van der Waals surface area contributed by atoms with Gasteiger partial charge in [0.1, 0.15) is 19.3 Å². The zero-order valence-electron chi connectivity index (χ0n) is 17.4. The Morgan fingerprint density at radius 2 is 1.55 bits per heavy atom. The van der Waals surface area contributed by atoms with Gasteiger partial charge in [-0.2, -0.15) is 0 Å². The van der Waals surface area contributed by atoms with Crippen LogP contribution < -0.4 is 0 Å². The third kappa shape index (κ3) is 10.1. The van der Waals surface area contributed by atoms with Gasteiger partial charge in [0.15, 0.2) is 0 Å². The van der Waals surface area contributed by atoms with Crippen molar-refractivity contribution in [3.63, 3.8) is 0 Å². The van der Waals surface area contributed by atoms with Crippen LogP contribution in [0.2, 0.25) is 5.02 Å². The fourth-order valence-corrected chi connectivity index (χ4v) is 4.17. The monoisotopic (exact) mass is 601 g/mol. The lowest BCUT2D eigenvalue weighted by atomic mass is 9.76. The first-order valence-electron chi connectivity index (χ1n) is 9.93. The number of hydrogen-bond donors (Lipinski definition) is 0. The molecular weight excluding hydrogens is 582 g/mol. The highest BCUT2D eigenvalue weighted by Crippen LogP contribution is 2.39. The molecule has 1 aromatic carbocycles. The van der Waals surface area contributed by atoms with Crippen LogP contribution in [0.1, 0.15) is 31.2 Å². The quantitative estimate of drug-likeness (QED) is 0.248. The maximum atomic E-state index is 12.7. The highest BCUT2D eigenvalue weighted by atomic mass is 35.6. The lowest BCUT2D eigenvalue weighted by molar-refractivity contribution is -0.0313. The molecule has 2 rings (SSSR count). The van der Waals surface area contributed by atoms with Crippen molar-refractivity contribution >= 4 is 93.5 Å². The van der Waals surface area contributed by atoms with Gasteiger partial charge in [0.25, 0.3) is 0 Å². The van der Waals surface area contributed by atoms with Gasteiger partial charge in [-0.25, -0.2) is 9.59 Å². The van der Waals surface area contributed by atoms with Crippen LogP contribution in [0.25, 0.3) is 0 Å². The number of carbonyl (C=O) groups excluding carboxylic acids is 2. The Balaban J connectivity index is 2.27. The van der Waals surface area contributed by atoms with Crippen LogP contribution in [0, 0.1) is 5.92 Å². The zero-order chi connectivity index (χ0) is 24.8. The molecule has 1 aliphatic heterocycles. The van der Waals surface area contributed by atoms with Crippen LogP contribution in [0.15, 0.2) is 24.3 Å². The Hall–Kier alpha value is -0.210. The summed E-state index contributed by atoms with van der Waals surface area (Å²) in [5.74, 6) is -0.323. The molecule has 0 aliphatic carbocycles. The molecule has 13 heteroatoms. The number of rotatable bonds is 6. The molecule has 6 nitrogen and oxygen atoms in total. The Morgan fingerprint density at radius 1 is 0.970 bits per heavy atom. The average molecular weight is 605 g/mol. The second-order valence-corrected chi connectivity index (χ2v) is 13.0. The highest BCUT2D eigenvalue weighted by molar-refractivity contribution is 6.68. The van der Waals surface area contributed by atoms with E-state index >= 15 is 0 Å². The highest BCUT2D eigenvalue weighted by Gasteiger charge is 2.42. The Bertz CT molecular complexity index is 797. The SMILES string of the molecule is CCCC1CN(C(=O)OCC(Cl)(Cl)Cl)CC(OC(=O)OCC(Cl)(Cl)Cl)C1c1ccc(Cl)cc1. The van der Waals surface area contributed by atoms with Crippen LogP contribution in [-0.2, 0) is 14.2 Å². The van der Waals surface area contributed by atoms with E-state index in [2.05, 4.69) is 0 Å². The zero-order valence-corrected chi connectivity index (χ0v) is 22.7. The number of alkyl halides is 6. The average Bonchev–Trinajstić information content (AvgIpc) is 2.70. The molecule has 33 heavy (non-hydrogen) atoms. The normalized spacial score (nSPS) is 21.5. The predicted molar refractivity (Wildman–Crippen MR) is 132 cm³/mol. The van der Waals surface area contributed by atoms with E-state index in [4.69, 9.17) is 95.4 Å². The molecule has 186 valence electrons. The van der Waals surface area contributed by atoms with E-state index in [1.807, 2.05) is 19.1 Å². The minimum atomic E-state index is -1.79. The van der Waals surface area contributed by atoms with Crippen LogP contribution in [-0.4, -0.2) is 57.1 Å². The topological polar surface area (TPSA) is 65.1 Å². The minimum absolute atomic E-state index is 0.0229. The van der Waals surface area contributed by atoms with Gasteiger partial charge in [0, 0.05) is 17.5 Å². The molecule has 1 saturated heterocycles. The number of halogens is 7. The number of hydrogen-bond acceptors (Lipinski definition) is 5. The molecule has 3 atom stereocenters. The van der Waals surface area contributed by atoms with Crippen molar-refractivity contribution in [3.05, 3.63) is 34.9 Å². The summed E-state index contributed by atoms with van der Waals surface area (Å²) in [4.78, 5) is 26.4. The first-order chi connectivity index (χ1) is 15.3. The Morgan fingerprint density at radius 3 is 2.09 bits per heavy atom. The molecule has 0 bridgehead atoms. The van der Waals surface area contributed by atoms with Crippen LogP contribution in [0.5, 0.6) is 0 Å². The van der Waals surface area contributed by atoms with E-state index < -0.39 is 39.2 Å². The summed E-state index contributed by atoms with van der Waals surface area (Å²) in [6, 6.07) is 7.21. The number of amides is 1. The smallest absolute Gasteiger partial charge is 0.445 e. The van der Waals surface area contributed by atoms with Gasteiger partial charge in [-0.15, -0.1) is 0 Å². The first kappa shape index (κ1) is 29.0. The molecule has 0 radical (unpaired) electrons. The molecule has 1 aromatic rings. The predicted octanol–water partition coefficient (Wildman–Crippen LogP) is 7.55. The van der Waals surface area contributed by atoms with Gasteiger partial charge < -0.3 is 19.1 Å². The van der Waals surface area contributed by atoms with Crippen molar-refractivity contribution in [2.45, 2.75) is 39.4 Å². The van der Waals surface area contributed by atoms with Crippen molar-refractivity contribution in [2.24, 2.45) is 5.92 Å². The summed E-state index contributed by atoms with van der Waals surface area (Å²) in [7, 11) is 0. The van der Waals surface area contributed by atoms with E-state index in [0.29, 0.717) is 11.6 Å². The van der Waals surface area contributed by atoms with E-state index in [0.717, 1.165) is 18.4 Å². The maximum absolute atomic E-state index is 12.7. The van der Waals surface area contributed by atoms with Gasteiger partial charge >= 0.3 is 12.2 Å². The van der Waals surface area contributed by atoms with Crippen molar-refractivity contribution in [2.75, 3.05) is 26.3 Å². The molecule has 0 spiro atoms. The number of nitrogens with zero attached hydrogens (tertiary/aromatic N) is 1. The van der Waals surface area contributed by atoms with E-state index in [9.17, 15) is 9.59 Å². The summed E-state index contributed by atoms with van der Waals surface area (Å²) in [6.45, 7) is 1.47. The standard InChI is InChI=1S/C20H22Cl7NO5/c1-2-3-13-8-28(17(29)31-10-19(22,23)24)9-15(33-18(30)32-11-20(25,26)27)16(13)12-4-6-14(21)7-5-12/h4-7,13,15-16H,2-3,8-11H2,1H3. The third-order valence-electron chi connectivity index (χ3n) is 4.90. The fourth-order valence-electron chi connectivity index (χ4n) is 3.71. The Labute approximate surface area is 227 Å². The second kappa shape index (κ2) is 12.7. The van der Waals surface area contributed by atoms with Gasteiger partial charge in [0.05, 0.1) is 6.54 Å². The maximum Gasteiger partial charge on any atom is 0.508 e. The summed E-state index contributed by atoms with van der Waals surface area (Å²) in [5, 5.41) is 0.568. The van der Waals surface area contributed by atoms with Crippen molar-refractivity contribution < 1.29 is 23.8 Å². The van der Waals surface area contributed by atoms with Crippen LogP contribution >= 0.6 is 81.2 Å². The largest absolute Gasteiger partial charge is 0.508 e. The van der Waals surface area contributed by atoms with Crippen molar-refractivity contribution in [1.29, 1.82) is 0 Å². The number of piperidine rings is 1. The number of ether oxygens (including phenoxy) is 3. The lowest BCUT2D eigenvalue weighted by Gasteiger charge is -2.43. The van der Waals surface area contributed by atoms with E-state index in [1.165, 1.54) is 4.90 Å². The van der Waals surface area contributed by atoms with E-state index in [-0.39, 0.29) is 18.4 Å². The van der Waals surface area contributed by atoms with Gasteiger partial charge in [-0.1, -0.05) is 107 Å². The molecule has 1 aliphatic rings. The molecule has 0 N–H and O–H groups in total. The first-order valence-corrected chi connectivity index (χ1v) is 12.6. The fraction of sp³-hybridized carbons (Fsp3) is 0.600. The van der Waals surface area contributed by atoms with E-state index in [1.54, 1.807) is 12.1 Å². The van der Waals surface area contributed by atoms with Gasteiger partial charge in [-0.05, 0) is 30.0 Å². The molecule has 3 unspecified atom stereocenters. The summed E-state index contributed by atoms with van der Waals surface area (Å²) >= 11 is 40.0. The molecule has 0 aromatic heterocycles. The molecule has 0 saturated carbocycles. The minimum Gasteiger partial charge on any atom is -0.445 e. The number of carbonyl (C=O) groups is 2. The number of likely N-dealkylation sites (tertiary alicyclic amines) is 1. The second-order valence-electron chi connectivity index (χ2n) is 7.51. The molecule has 1 heterocycles. The van der Waals surface area contributed by atoms with Gasteiger partial charge in [0.2, 0.25) is 7.59 Å².